The largest absolute Gasteiger partial charge is 0.354 e. The van der Waals surface area contributed by atoms with Crippen molar-refractivity contribution >= 4 is 5.91 Å². The molecule has 0 spiro atoms. The first-order valence-corrected chi connectivity index (χ1v) is 9.66. The molecule has 0 saturated heterocycles. The van der Waals surface area contributed by atoms with E-state index in [0.29, 0.717) is 6.54 Å². The Morgan fingerprint density at radius 3 is 2.42 bits per heavy atom. The Hall–Kier alpha value is -2.13. The molecule has 3 rings (SSSR count). The maximum absolute atomic E-state index is 12.8. The van der Waals surface area contributed by atoms with Gasteiger partial charge in [0.15, 0.2) is 0 Å². The number of amides is 1. The highest BCUT2D eigenvalue weighted by molar-refractivity contribution is 5.83. The van der Waals surface area contributed by atoms with E-state index in [1.807, 2.05) is 30.3 Å². The van der Waals surface area contributed by atoms with Gasteiger partial charge in [-0.1, -0.05) is 61.5 Å². The van der Waals surface area contributed by atoms with Crippen molar-refractivity contribution in [3.63, 3.8) is 0 Å². The van der Waals surface area contributed by atoms with Gasteiger partial charge >= 0.3 is 0 Å². The SMILES string of the molecule is CCC(C(=O)NCC(C)(C)N1CCc2ccccc2C1)c1ccccc1. The molecule has 138 valence electrons. The first kappa shape index (κ1) is 18.7. The van der Waals surface area contributed by atoms with Crippen molar-refractivity contribution < 1.29 is 4.79 Å². The van der Waals surface area contributed by atoms with E-state index in [1.165, 1.54) is 11.1 Å². The van der Waals surface area contributed by atoms with Crippen molar-refractivity contribution in [3.8, 4) is 0 Å². The van der Waals surface area contributed by atoms with Crippen molar-refractivity contribution in [3.05, 3.63) is 71.3 Å². The minimum absolute atomic E-state index is 0.0713. The monoisotopic (exact) mass is 350 g/mol. The lowest BCUT2D eigenvalue weighted by Gasteiger charge is -2.42. The molecule has 3 nitrogen and oxygen atoms in total. The summed E-state index contributed by atoms with van der Waals surface area (Å²) in [5.41, 5.74) is 3.89. The molecule has 2 aromatic rings. The van der Waals surface area contributed by atoms with Crippen molar-refractivity contribution in [1.29, 1.82) is 0 Å². The second-order valence-corrected chi connectivity index (χ2v) is 7.84. The van der Waals surface area contributed by atoms with Crippen LogP contribution in [0.5, 0.6) is 0 Å². The highest BCUT2D eigenvalue weighted by Gasteiger charge is 2.31. The molecule has 0 fully saturated rings. The molecule has 0 aromatic heterocycles. The van der Waals surface area contributed by atoms with Crippen molar-refractivity contribution in [2.24, 2.45) is 0 Å². The highest BCUT2D eigenvalue weighted by Crippen LogP contribution is 2.25. The fourth-order valence-electron chi connectivity index (χ4n) is 3.81. The first-order chi connectivity index (χ1) is 12.5. The zero-order chi connectivity index (χ0) is 18.6. The number of hydrogen-bond acceptors (Lipinski definition) is 2. The Morgan fingerprint density at radius 2 is 1.73 bits per heavy atom. The molecule has 1 heterocycles. The quantitative estimate of drug-likeness (QED) is 0.849. The van der Waals surface area contributed by atoms with Crippen LogP contribution in [0.25, 0.3) is 0 Å². The van der Waals surface area contributed by atoms with E-state index >= 15 is 0 Å². The Balaban J connectivity index is 1.62. The fourth-order valence-corrected chi connectivity index (χ4v) is 3.81. The van der Waals surface area contributed by atoms with Crippen molar-refractivity contribution in [2.45, 2.75) is 51.6 Å². The van der Waals surface area contributed by atoms with E-state index in [9.17, 15) is 4.79 Å². The number of nitrogens with one attached hydrogen (secondary N) is 1. The number of carbonyl (C=O) groups excluding carboxylic acids is 1. The number of rotatable bonds is 6. The predicted octanol–water partition coefficient (Wildman–Crippen LogP) is 4.13. The van der Waals surface area contributed by atoms with Crippen LogP contribution in [-0.2, 0) is 17.8 Å². The lowest BCUT2D eigenvalue weighted by atomic mass is 9.93. The maximum atomic E-state index is 12.8. The predicted molar refractivity (Wildman–Crippen MR) is 107 cm³/mol. The average molecular weight is 351 g/mol. The van der Waals surface area contributed by atoms with Crippen LogP contribution in [0.4, 0.5) is 0 Å². The second-order valence-electron chi connectivity index (χ2n) is 7.84. The van der Waals surface area contributed by atoms with Gasteiger partial charge in [0.25, 0.3) is 0 Å². The third-order valence-corrected chi connectivity index (χ3v) is 5.61. The zero-order valence-electron chi connectivity index (χ0n) is 16.2. The number of carbonyl (C=O) groups is 1. The molecule has 0 saturated carbocycles. The van der Waals surface area contributed by atoms with Gasteiger partial charge in [0.05, 0.1) is 5.92 Å². The van der Waals surface area contributed by atoms with Gasteiger partial charge in [0.1, 0.15) is 0 Å². The molecule has 1 aliphatic heterocycles. The van der Waals surface area contributed by atoms with Crippen LogP contribution in [0.2, 0.25) is 0 Å². The van der Waals surface area contributed by atoms with Crippen molar-refractivity contribution in [2.75, 3.05) is 13.1 Å². The highest BCUT2D eigenvalue weighted by atomic mass is 16.1. The molecular weight excluding hydrogens is 320 g/mol. The standard InChI is InChI=1S/C23H30N2O/c1-4-21(19-11-6-5-7-12-19)22(26)24-17-23(2,3)25-15-14-18-10-8-9-13-20(18)16-25/h5-13,21H,4,14-17H2,1-3H3,(H,24,26). The molecule has 1 N–H and O–H groups in total. The summed E-state index contributed by atoms with van der Waals surface area (Å²) in [7, 11) is 0. The van der Waals surface area contributed by atoms with E-state index in [1.54, 1.807) is 0 Å². The van der Waals surface area contributed by atoms with Gasteiger partial charge in [-0.3, -0.25) is 9.69 Å². The van der Waals surface area contributed by atoms with Gasteiger partial charge in [-0.15, -0.1) is 0 Å². The van der Waals surface area contributed by atoms with Crippen molar-refractivity contribution in [1.82, 2.24) is 10.2 Å². The summed E-state index contributed by atoms with van der Waals surface area (Å²) in [6, 6.07) is 18.8. The molecular formula is C23H30N2O. The average Bonchev–Trinajstić information content (AvgIpc) is 2.67. The molecule has 1 unspecified atom stereocenters. The topological polar surface area (TPSA) is 32.3 Å². The summed E-state index contributed by atoms with van der Waals surface area (Å²) in [4.78, 5) is 15.3. The normalized spacial score (nSPS) is 16.0. The van der Waals surface area contributed by atoms with E-state index in [0.717, 1.165) is 31.5 Å². The third-order valence-electron chi connectivity index (χ3n) is 5.61. The minimum atomic E-state index is -0.0749. The fraction of sp³-hybridized carbons (Fsp3) is 0.435. The molecule has 3 heteroatoms. The maximum Gasteiger partial charge on any atom is 0.227 e. The van der Waals surface area contributed by atoms with Crippen LogP contribution in [0.3, 0.4) is 0 Å². The smallest absolute Gasteiger partial charge is 0.227 e. The van der Waals surface area contributed by atoms with E-state index in [-0.39, 0.29) is 17.4 Å². The lowest BCUT2D eigenvalue weighted by molar-refractivity contribution is -0.123. The minimum Gasteiger partial charge on any atom is -0.354 e. The van der Waals surface area contributed by atoms with E-state index in [2.05, 4.69) is 55.3 Å². The second kappa shape index (κ2) is 8.05. The van der Waals surface area contributed by atoms with Crippen LogP contribution < -0.4 is 5.32 Å². The Bertz CT molecular complexity index is 739. The van der Waals surface area contributed by atoms with Gasteiger partial charge in [-0.05, 0) is 43.4 Å². The number of hydrogen-bond donors (Lipinski definition) is 1. The van der Waals surface area contributed by atoms with Crippen LogP contribution in [0, 0.1) is 0 Å². The van der Waals surface area contributed by atoms with Gasteiger partial charge in [-0.2, -0.15) is 0 Å². The molecule has 0 bridgehead atoms. The van der Waals surface area contributed by atoms with Gasteiger partial charge in [0.2, 0.25) is 5.91 Å². The molecule has 1 aliphatic rings. The summed E-state index contributed by atoms with van der Waals surface area (Å²) in [6.45, 7) is 9.18. The Morgan fingerprint density at radius 1 is 1.08 bits per heavy atom. The molecule has 1 atom stereocenters. The van der Waals surface area contributed by atoms with Crippen LogP contribution >= 0.6 is 0 Å². The van der Waals surface area contributed by atoms with Gasteiger partial charge in [0, 0.05) is 25.2 Å². The Labute approximate surface area is 157 Å². The van der Waals surface area contributed by atoms with Gasteiger partial charge in [-0.25, -0.2) is 0 Å². The summed E-state index contributed by atoms with van der Waals surface area (Å²) >= 11 is 0. The third kappa shape index (κ3) is 4.16. The molecule has 0 aliphatic carbocycles. The summed E-state index contributed by atoms with van der Waals surface area (Å²) in [6.07, 6.45) is 1.89. The molecule has 26 heavy (non-hydrogen) atoms. The molecule has 2 aromatic carbocycles. The summed E-state index contributed by atoms with van der Waals surface area (Å²) in [5.74, 6) is 0.0540. The number of fused-ring (bicyclic) bond motifs is 1. The van der Waals surface area contributed by atoms with E-state index < -0.39 is 0 Å². The number of nitrogens with zero attached hydrogens (tertiary/aromatic N) is 1. The number of benzene rings is 2. The summed E-state index contributed by atoms with van der Waals surface area (Å²) < 4.78 is 0. The van der Waals surface area contributed by atoms with Crippen LogP contribution in [-0.4, -0.2) is 29.4 Å². The van der Waals surface area contributed by atoms with Gasteiger partial charge < -0.3 is 5.32 Å². The van der Waals surface area contributed by atoms with Crippen LogP contribution in [0.1, 0.15) is 49.8 Å². The lowest BCUT2D eigenvalue weighted by Crippen LogP contribution is -2.53. The van der Waals surface area contributed by atoms with E-state index in [4.69, 9.17) is 0 Å². The van der Waals surface area contributed by atoms with Crippen LogP contribution in [0.15, 0.2) is 54.6 Å². The molecule has 1 amide bonds. The summed E-state index contributed by atoms with van der Waals surface area (Å²) in [5, 5.41) is 3.21. The zero-order valence-corrected chi connectivity index (χ0v) is 16.2. The first-order valence-electron chi connectivity index (χ1n) is 9.66. The Kier molecular flexibility index (Phi) is 5.77. The molecule has 0 radical (unpaired) electrons.